The van der Waals surface area contributed by atoms with E-state index >= 15 is 0 Å². The van der Waals surface area contributed by atoms with Gasteiger partial charge < -0.3 is 10.1 Å². The Labute approximate surface area is 188 Å². The Bertz CT molecular complexity index is 1230. The lowest BCUT2D eigenvalue weighted by Gasteiger charge is -2.13. The van der Waals surface area contributed by atoms with Gasteiger partial charge >= 0.3 is 6.18 Å². The molecule has 2 N–H and O–H groups in total. The van der Waals surface area contributed by atoms with Crippen LogP contribution in [-0.2, 0) is 16.6 Å². The number of benzene rings is 2. The highest BCUT2D eigenvalue weighted by molar-refractivity contribution is 7.92. The molecule has 0 aliphatic rings. The van der Waals surface area contributed by atoms with E-state index in [-0.39, 0.29) is 28.4 Å². The van der Waals surface area contributed by atoms with Crippen LogP contribution in [0, 0.1) is 6.92 Å². The summed E-state index contributed by atoms with van der Waals surface area (Å²) in [6.07, 6.45) is -3.24. The van der Waals surface area contributed by atoms with E-state index in [2.05, 4.69) is 19.8 Å². The van der Waals surface area contributed by atoms with Crippen molar-refractivity contribution in [2.75, 3.05) is 11.3 Å². The lowest BCUT2D eigenvalue weighted by atomic mass is 10.2. The van der Waals surface area contributed by atoms with Crippen molar-refractivity contribution in [1.82, 2.24) is 10.3 Å². The molecular formula is C22H20F3N3O4S. The monoisotopic (exact) mass is 479 g/mol. The van der Waals surface area contributed by atoms with Gasteiger partial charge in [-0.15, -0.1) is 0 Å². The molecule has 11 heteroatoms. The van der Waals surface area contributed by atoms with Crippen LogP contribution in [0.25, 0.3) is 0 Å². The van der Waals surface area contributed by atoms with Crippen molar-refractivity contribution in [3.63, 3.8) is 0 Å². The third kappa shape index (κ3) is 6.69. The smallest absolute Gasteiger partial charge is 0.422 e. The van der Waals surface area contributed by atoms with E-state index in [1.165, 1.54) is 42.6 Å². The number of carbonyl (C=O) groups excluding carboxylic acids is 1. The Balaban J connectivity index is 1.65. The number of ether oxygens (including phenoxy) is 1. The highest BCUT2D eigenvalue weighted by atomic mass is 32.2. The van der Waals surface area contributed by atoms with E-state index < -0.39 is 28.7 Å². The number of alkyl halides is 3. The van der Waals surface area contributed by atoms with Gasteiger partial charge in [0.1, 0.15) is 0 Å². The largest absolute Gasteiger partial charge is 0.468 e. The molecule has 0 aliphatic carbocycles. The predicted molar refractivity (Wildman–Crippen MR) is 115 cm³/mol. The van der Waals surface area contributed by atoms with Crippen molar-refractivity contribution in [3.8, 4) is 5.88 Å². The maximum Gasteiger partial charge on any atom is 0.422 e. The summed E-state index contributed by atoms with van der Waals surface area (Å²) in [7, 11) is -3.86. The van der Waals surface area contributed by atoms with Gasteiger partial charge in [0.05, 0.1) is 10.6 Å². The molecule has 33 heavy (non-hydrogen) atoms. The number of hydrogen-bond acceptors (Lipinski definition) is 5. The summed E-state index contributed by atoms with van der Waals surface area (Å²) in [5.41, 5.74) is 1.63. The third-order valence-electron chi connectivity index (χ3n) is 4.48. The maximum absolute atomic E-state index is 12.6. The van der Waals surface area contributed by atoms with Gasteiger partial charge in [-0.3, -0.25) is 9.52 Å². The SMILES string of the molecule is Cc1ccccc1NS(=O)(=O)c1ccc(C(=O)NCc2cccnc2OCC(F)(F)F)cc1. The second-order valence-electron chi connectivity index (χ2n) is 7.00. The van der Waals surface area contributed by atoms with Crippen molar-refractivity contribution >= 4 is 21.6 Å². The second-order valence-corrected chi connectivity index (χ2v) is 8.68. The summed E-state index contributed by atoms with van der Waals surface area (Å²) < 4.78 is 69.6. The fourth-order valence-corrected chi connectivity index (χ4v) is 3.92. The van der Waals surface area contributed by atoms with E-state index in [0.717, 1.165) is 5.56 Å². The van der Waals surface area contributed by atoms with Crippen LogP contribution in [0.5, 0.6) is 5.88 Å². The van der Waals surface area contributed by atoms with E-state index in [9.17, 15) is 26.4 Å². The van der Waals surface area contributed by atoms with Crippen LogP contribution >= 0.6 is 0 Å². The molecule has 1 amide bonds. The number of halogens is 3. The standard InChI is InChI=1S/C22H20F3N3O4S/c1-15-5-2-3-7-19(15)28-33(30,31)18-10-8-16(9-11-18)20(29)27-13-17-6-4-12-26-21(17)32-14-22(23,24)25/h2-12,28H,13-14H2,1H3,(H,27,29). The Hall–Kier alpha value is -3.60. The summed E-state index contributed by atoms with van der Waals surface area (Å²) in [6, 6.07) is 15.1. The molecule has 0 atom stereocenters. The highest BCUT2D eigenvalue weighted by Gasteiger charge is 2.29. The molecule has 0 aliphatic heterocycles. The summed E-state index contributed by atoms with van der Waals surface area (Å²) in [4.78, 5) is 16.2. The van der Waals surface area contributed by atoms with Crippen molar-refractivity contribution in [2.24, 2.45) is 0 Å². The van der Waals surface area contributed by atoms with E-state index in [1.807, 2.05) is 0 Å². The number of amides is 1. The fraction of sp³-hybridized carbons (Fsp3) is 0.182. The molecule has 3 rings (SSSR count). The molecule has 0 saturated carbocycles. The van der Waals surface area contributed by atoms with E-state index in [4.69, 9.17) is 0 Å². The first-order chi connectivity index (χ1) is 15.5. The minimum absolute atomic E-state index is 0.0302. The quantitative estimate of drug-likeness (QED) is 0.508. The van der Waals surface area contributed by atoms with Gasteiger partial charge in [-0.05, 0) is 48.9 Å². The first-order valence-electron chi connectivity index (χ1n) is 9.65. The zero-order chi connectivity index (χ0) is 24.1. The minimum Gasteiger partial charge on any atom is -0.468 e. The highest BCUT2D eigenvalue weighted by Crippen LogP contribution is 2.21. The zero-order valence-corrected chi connectivity index (χ0v) is 18.2. The van der Waals surface area contributed by atoms with Gasteiger partial charge in [0.25, 0.3) is 15.9 Å². The van der Waals surface area contributed by atoms with Crippen LogP contribution in [-0.4, -0.2) is 32.1 Å². The second kappa shape index (κ2) is 9.90. The number of carbonyl (C=O) groups is 1. The van der Waals surface area contributed by atoms with Gasteiger partial charge in [0.15, 0.2) is 6.61 Å². The van der Waals surface area contributed by atoms with E-state index in [1.54, 1.807) is 31.2 Å². The number of nitrogens with zero attached hydrogens (tertiary/aromatic N) is 1. The van der Waals surface area contributed by atoms with Crippen LogP contribution in [0.1, 0.15) is 21.5 Å². The molecule has 7 nitrogen and oxygen atoms in total. The molecule has 1 heterocycles. The molecule has 174 valence electrons. The summed E-state index contributed by atoms with van der Waals surface area (Å²) >= 11 is 0. The maximum atomic E-state index is 12.6. The predicted octanol–water partition coefficient (Wildman–Crippen LogP) is 4.06. The lowest BCUT2D eigenvalue weighted by molar-refractivity contribution is -0.154. The number of nitrogens with one attached hydrogen (secondary N) is 2. The number of hydrogen-bond donors (Lipinski definition) is 2. The Kier molecular flexibility index (Phi) is 7.22. The van der Waals surface area contributed by atoms with Crippen molar-refractivity contribution in [2.45, 2.75) is 24.5 Å². The van der Waals surface area contributed by atoms with Crippen molar-refractivity contribution < 1.29 is 31.1 Å². The van der Waals surface area contributed by atoms with Crippen LogP contribution in [0.4, 0.5) is 18.9 Å². The molecule has 0 saturated heterocycles. The average Bonchev–Trinajstić information content (AvgIpc) is 2.77. The first kappa shape index (κ1) is 24.1. The zero-order valence-electron chi connectivity index (χ0n) is 17.4. The van der Waals surface area contributed by atoms with Crippen LogP contribution < -0.4 is 14.8 Å². The number of anilines is 1. The van der Waals surface area contributed by atoms with Crippen molar-refractivity contribution in [3.05, 3.63) is 83.6 Å². The number of sulfonamides is 1. The minimum atomic E-state index is -4.52. The number of para-hydroxylation sites is 1. The number of rotatable bonds is 8. The molecule has 1 aromatic heterocycles. The van der Waals surface area contributed by atoms with Crippen LogP contribution in [0.3, 0.4) is 0 Å². The van der Waals surface area contributed by atoms with Crippen LogP contribution in [0.2, 0.25) is 0 Å². The van der Waals surface area contributed by atoms with E-state index in [0.29, 0.717) is 5.69 Å². The Morgan fingerprint density at radius 1 is 1.03 bits per heavy atom. The van der Waals surface area contributed by atoms with Crippen molar-refractivity contribution in [1.29, 1.82) is 0 Å². The Morgan fingerprint density at radius 2 is 1.73 bits per heavy atom. The lowest BCUT2D eigenvalue weighted by Crippen LogP contribution is -2.24. The average molecular weight is 479 g/mol. The van der Waals surface area contributed by atoms with Gasteiger partial charge in [-0.1, -0.05) is 24.3 Å². The van der Waals surface area contributed by atoms with Gasteiger partial charge in [-0.25, -0.2) is 13.4 Å². The molecule has 0 bridgehead atoms. The molecule has 0 radical (unpaired) electrons. The van der Waals surface area contributed by atoms with Crippen LogP contribution in [0.15, 0.2) is 71.8 Å². The van der Waals surface area contributed by atoms with Gasteiger partial charge in [0, 0.05) is 23.9 Å². The number of aryl methyl sites for hydroxylation is 1. The summed E-state index contributed by atoms with van der Waals surface area (Å²) in [5.74, 6) is -0.782. The first-order valence-corrected chi connectivity index (χ1v) is 11.1. The normalized spacial score (nSPS) is 11.6. The summed E-state index contributed by atoms with van der Waals surface area (Å²) in [5, 5.41) is 2.55. The fourth-order valence-electron chi connectivity index (χ4n) is 2.79. The van der Waals surface area contributed by atoms with Gasteiger partial charge in [0.2, 0.25) is 5.88 Å². The number of aromatic nitrogens is 1. The number of pyridine rings is 1. The molecule has 0 unspecified atom stereocenters. The molecular weight excluding hydrogens is 459 g/mol. The summed E-state index contributed by atoms with van der Waals surface area (Å²) in [6.45, 7) is 0.138. The molecule has 0 fully saturated rings. The molecule has 0 spiro atoms. The molecule has 2 aromatic carbocycles. The topological polar surface area (TPSA) is 97.4 Å². The third-order valence-corrected chi connectivity index (χ3v) is 5.86. The van der Waals surface area contributed by atoms with Gasteiger partial charge in [-0.2, -0.15) is 13.2 Å². The molecule has 3 aromatic rings. The Morgan fingerprint density at radius 3 is 2.39 bits per heavy atom.